The quantitative estimate of drug-likeness (QED) is 0.119. The number of rotatable bonds is 12. The Kier molecular flexibility index (Phi) is 13.2. The molecule has 28 heavy (non-hydrogen) atoms. The molecule has 0 unspecified atom stereocenters. The standard InChI is InChI=1S/C17H18Cl7NO3/c18-13-9-12(26-8-5-15(20)21)10-14(19)16(13)27-7-4-2-1-3-6-25-28-11-17(22,23)24/h5-6,9-10H,1-4,7-8,11H2/b25-6+. The molecule has 0 atom stereocenters. The summed E-state index contributed by atoms with van der Waals surface area (Å²) in [5, 5.41) is 4.44. The van der Waals surface area contributed by atoms with Gasteiger partial charge in [0.2, 0.25) is 3.79 Å². The maximum absolute atomic E-state index is 6.20. The molecule has 158 valence electrons. The highest BCUT2D eigenvalue weighted by Gasteiger charge is 2.20. The van der Waals surface area contributed by atoms with E-state index < -0.39 is 3.79 Å². The topological polar surface area (TPSA) is 40.0 Å². The van der Waals surface area contributed by atoms with E-state index in [2.05, 4.69) is 5.16 Å². The number of nitrogens with zero attached hydrogens (tertiary/aromatic N) is 1. The summed E-state index contributed by atoms with van der Waals surface area (Å²) in [4.78, 5) is 4.85. The minimum Gasteiger partial charge on any atom is -0.490 e. The first-order chi connectivity index (χ1) is 13.2. The van der Waals surface area contributed by atoms with Crippen LogP contribution in [0.25, 0.3) is 0 Å². The minimum absolute atomic E-state index is 0.0927. The molecule has 0 saturated carbocycles. The van der Waals surface area contributed by atoms with Crippen LogP contribution in [0.15, 0.2) is 27.9 Å². The van der Waals surface area contributed by atoms with Crippen molar-refractivity contribution >= 4 is 87.4 Å². The first-order valence-corrected chi connectivity index (χ1v) is 10.8. The minimum atomic E-state index is -1.46. The molecule has 0 aromatic heterocycles. The van der Waals surface area contributed by atoms with E-state index in [1.165, 1.54) is 6.08 Å². The van der Waals surface area contributed by atoms with Crippen LogP contribution in [-0.2, 0) is 4.84 Å². The molecule has 0 aliphatic carbocycles. The number of ether oxygens (including phenoxy) is 2. The van der Waals surface area contributed by atoms with Crippen LogP contribution in [0.5, 0.6) is 11.5 Å². The summed E-state index contributed by atoms with van der Waals surface area (Å²) in [6.45, 7) is 0.587. The fraction of sp³-hybridized carbons (Fsp3) is 0.471. The molecule has 1 rings (SSSR count). The zero-order valence-corrected chi connectivity index (χ0v) is 19.9. The predicted octanol–water partition coefficient (Wildman–Crippen LogP) is 8.00. The molecule has 4 nitrogen and oxygen atoms in total. The number of benzene rings is 1. The fourth-order valence-corrected chi connectivity index (χ4v) is 2.71. The SMILES string of the molecule is ClC(Cl)=CCOc1cc(Cl)c(OCCCCC/C=N/OCC(Cl)(Cl)Cl)c(Cl)c1. The molecule has 0 saturated heterocycles. The third kappa shape index (κ3) is 12.6. The van der Waals surface area contributed by atoms with E-state index in [0.717, 1.165) is 25.7 Å². The molecule has 0 aliphatic heterocycles. The lowest BCUT2D eigenvalue weighted by Gasteiger charge is -2.12. The van der Waals surface area contributed by atoms with Gasteiger partial charge in [0, 0.05) is 18.3 Å². The highest BCUT2D eigenvalue weighted by atomic mass is 35.6. The molecule has 0 heterocycles. The molecule has 0 radical (unpaired) electrons. The van der Waals surface area contributed by atoms with Crippen LogP contribution in [0.3, 0.4) is 0 Å². The molecule has 0 N–H and O–H groups in total. The number of oxime groups is 1. The number of unbranched alkanes of at least 4 members (excludes halogenated alkanes) is 3. The van der Waals surface area contributed by atoms with Crippen LogP contribution in [-0.4, -0.2) is 29.8 Å². The van der Waals surface area contributed by atoms with E-state index in [0.29, 0.717) is 28.2 Å². The summed E-state index contributed by atoms with van der Waals surface area (Å²) >= 11 is 40.0. The largest absolute Gasteiger partial charge is 0.490 e. The molecule has 0 spiro atoms. The normalized spacial score (nSPS) is 11.5. The monoisotopic (exact) mass is 529 g/mol. The van der Waals surface area contributed by atoms with Crippen molar-refractivity contribution in [3.8, 4) is 11.5 Å². The second kappa shape index (κ2) is 14.1. The summed E-state index contributed by atoms with van der Waals surface area (Å²) in [7, 11) is 0. The fourth-order valence-electron chi connectivity index (χ4n) is 1.86. The van der Waals surface area contributed by atoms with Crippen molar-refractivity contribution in [2.45, 2.75) is 29.5 Å². The van der Waals surface area contributed by atoms with Crippen molar-refractivity contribution in [2.24, 2.45) is 5.16 Å². The molecule has 1 aromatic rings. The molecule has 0 amide bonds. The van der Waals surface area contributed by atoms with Gasteiger partial charge in [0.1, 0.15) is 16.8 Å². The highest BCUT2D eigenvalue weighted by molar-refractivity contribution is 6.67. The molecule has 11 heteroatoms. The summed E-state index contributed by atoms with van der Waals surface area (Å²) < 4.78 is 9.77. The van der Waals surface area contributed by atoms with Gasteiger partial charge in [-0.1, -0.05) is 86.4 Å². The van der Waals surface area contributed by atoms with Gasteiger partial charge in [-0.15, -0.1) is 0 Å². The molecule has 0 aliphatic rings. The van der Waals surface area contributed by atoms with E-state index in [-0.39, 0.29) is 17.7 Å². The Morgan fingerprint density at radius 2 is 1.68 bits per heavy atom. The molecular formula is C17H18Cl7NO3. The summed E-state index contributed by atoms with van der Waals surface area (Å²) in [6.07, 6.45) is 6.55. The van der Waals surface area contributed by atoms with E-state index in [4.69, 9.17) is 95.5 Å². The Labute approximate surface area is 199 Å². The zero-order valence-electron chi connectivity index (χ0n) is 14.6. The Morgan fingerprint density at radius 1 is 1.00 bits per heavy atom. The van der Waals surface area contributed by atoms with Gasteiger partial charge in [0.25, 0.3) is 0 Å². The van der Waals surface area contributed by atoms with Crippen LogP contribution in [0.2, 0.25) is 10.0 Å². The Bertz CT molecular complexity index is 636. The summed E-state index contributed by atoms with van der Waals surface area (Å²) in [6, 6.07) is 3.23. The van der Waals surface area contributed by atoms with Crippen LogP contribution in [0, 0.1) is 0 Å². The van der Waals surface area contributed by atoms with E-state index in [1.54, 1.807) is 18.3 Å². The van der Waals surface area contributed by atoms with Crippen molar-refractivity contribution in [1.82, 2.24) is 0 Å². The van der Waals surface area contributed by atoms with E-state index >= 15 is 0 Å². The Balaban J connectivity index is 2.26. The lowest BCUT2D eigenvalue weighted by atomic mass is 10.2. The average Bonchev–Trinajstić information content (AvgIpc) is 2.57. The predicted molar refractivity (Wildman–Crippen MR) is 120 cm³/mol. The lowest BCUT2D eigenvalue weighted by Crippen LogP contribution is -2.10. The van der Waals surface area contributed by atoms with Gasteiger partial charge in [0.05, 0.1) is 16.7 Å². The number of hydrogen-bond acceptors (Lipinski definition) is 4. The smallest absolute Gasteiger partial charge is 0.226 e. The Hall–Kier alpha value is 0.0600. The van der Waals surface area contributed by atoms with Gasteiger partial charge in [0.15, 0.2) is 12.4 Å². The van der Waals surface area contributed by atoms with Crippen LogP contribution >= 0.6 is 81.2 Å². The molecule has 0 bridgehead atoms. The van der Waals surface area contributed by atoms with Crippen LogP contribution in [0.1, 0.15) is 25.7 Å². The number of halogens is 7. The van der Waals surface area contributed by atoms with Gasteiger partial charge in [-0.05, 0) is 31.8 Å². The lowest BCUT2D eigenvalue weighted by molar-refractivity contribution is 0.150. The van der Waals surface area contributed by atoms with Gasteiger partial charge in [-0.3, -0.25) is 0 Å². The first-order valence-electron chi connectivity index (χ1n) is 8.15. The van der Waals surface area contributed by atoms with E-state index in [1.807, 2.05) is 0 Å². The summed E-state index contributed by atoms with van der Waals surface area (Å²) in [5.74, 6) is 0.910. The second-order valence-electron chi connectivity index (χ2n) is 5.40. The van der Waals surface area contributed by atoms with Crippen molar-refractivity contribution in [1.29, 1.82) is 0 Å². The zero-order chi connectivity index (χ0) is 21.0. The molecular weight excluding hydrogens is 514 g/mol. The van der Waals surface area contributed by atoms with Gasteiger partial charge >= 0.3 is 0 Å². The van der Waals surface area contributed by atoms with Gasteiger partial charge < -0.3 is 14.3 Å². The maximum Gasteiger partial charge on any atom is 0.226 e. The average molecular weight is 533 g/mol. The van der Waals surface area contributed by atoms with Crippen molar-refractivity contribution in [3.05, 3.63) is 32.7 Å². The van der Waals surface area contributed by atoms with Gasteiger partial charge in [-0.25, -0.2) is 0 Å². The highest BCUT2D eigenvalue weighted by Crippen LogP contribution is 2.37. The maximum atomic E-state index is 6.20. The van der Waals surface area contributed by atoms with Gasteiger partial charge in [-0.2, -0.15) is 0 Å². The number of alkyl halides is 3. The van der Waals surface area contributed by atoms with Crippen LogP contribution < -0.4 is 9.47 Å². The third-order valence-electron chi connectivity index (χ3n) is 3.06. The third-order valence-corrected chi connectivity index (χ3v) is 4.26. The summed E-state index contributed by atoms with van der Waals surface area (Å²) in [5.41, 5.74) is 0. The molecule has 1 aromatic carbocycles. The number of hydrogen-bond donors (Lipinski definition) is 0. The Morgan fingerprint density at radius 3 is 2.29 bits per heavy atom. The first kappa shape index (κ1) is 26.1. The van der Waals surface area contributed by atoms with Crippen molar-refractivity contribution in [2.75, 3.05) is 19.8 Å². The van der Waals surface area contributed by atoms with Crippen molar-refractivity contribution < 1.29 is 14.3 Å². The van der Waals surface area contributed by atoms with Crippen molar-refractivity contribution in [3.63, 3.8) is 0 Å². The molecule has 0 fully saturated rings. The van der Waals surface area contributed by atoms with Crippen LogP contribution in [0.4, 0.5) is 0 Å². The second-order valence-corrected chi connectivity index (χ2v) is 9.73. The van der Waals surface area contributed by atoms with E-state index in [9.17, 15) is 0 Å².